The van der Waals surface area contributed by atoms with Gasteiger partial charge in [0.2, 0.25) is 0 Å². The Kier molecular flexibility index (Phi) is 6.11. The largest absolute Gasteiger partial charge is 0.364 e. The smallest absolute Gasteiger partial charge is 0.252 e. The third-order valence-corrected chi connectivity index (χ3v) is 6.34. The number of hydrogen-bond acceptors (Lipinski definition) is 6. The standard InChI is InChI=1S/C20H16BrN3O2S2/c21-14-7-5-13(6-8-14)9-15-10-22-20(27-15)24-18(25)11-26-12-19-23-16-3-1-2-4-17(16)28-19/h1-8,10H,9,11-12H2,(H,22,24,25). The average molecular weight is 474 g/mol. The zero-order chi connectivity index (χ0) is 19.3. The van der Waals surface area contributed by atoms with Crippen LogP contribution in [-0.4, -0.2) is 22.5 Å². The van der Waals surface area contributed by atoms with Crippen molar-refractivity contribution < 1.29 is 9.53 Å². The van der Waals surface area contributed by atoms with E-state index in [1.54, 1.807) is 17.5 Å². The lowest BCUT2D eigenvalue weighted by Gasteiger charge is -2.02. The van der Waals surface area contributed by atoms with Crippen LogP contribution in [0.1, 0.15) is 15.4 Å². The van der Waals surface area contributed by atoms with Crippen molar-refractivity contribution in [3.05, 3.63) is 74.6 Å². The van der Waals surface area contributed by atoms with Crippen LogP contribution in [0.3, 0.4) is 0 Å². The Balaban J connectivity index is 1.25. The number of nitrogens with zero attached hydrogens (tertiary/aromatic N) is 2. The van der Waals surface area contributed by atoms with Gasteiger partial charge >= 0.3 is 0 Å². The summed E-state index contributed by atoms with van der Waals surface area (Å²) in [4.78, 5) is 21.9. The number of amides is 1. The number of rotatable bonds is 7. The van der Waals surface area contributed by atoms with Gasteiger partial charge in [-0.3, -0.25) is 10.1 Å². The average Bonchev–Trinajstić information content (AvgIpc) is 3.29. The fraction of sp³-hybridized carbons (Fsp3) is 0.150. The van der Waals surface area contributed by atoms with Crippen LogP contribution in [-0.2, 0) is 22.6 Å². The summed E-state index contributed by atoms with van der Waals surface area (Å²) in [5.41, 5.74) is 2.15. The maximum atomic E-state index is 12.1. The van der Waals surface area contributed by atoms with Crippen LogP contribution in [0.15, 0.2) is 59.2 Å². The van der Waals surface area contributed by atoms with Gasteiger partial charge in [-0.2, -0.15) is 0 Å². The molecule has 0 spiro atoms. The molecule has 142 valence electrons. The summed E-state index contributed by atoms with van der Waals surface area (Å²) in [7, 11) is 0. The van der Waals surface area contributed by atoms with Crippen LogP contribution in [0, 0.1) is 0 Å². The van der Waals surface area contributed by atoms with Crippen molar-refractivity contribution in [3.63, 3.8) is 0 Å². The fourth-order valence-corrected chi connectivity index (χ4v) is 4.65. The molecule has 0 aliphatic carbocycles. The highest BCUT2D eigenvalue weighted by molar-refractivity contribution is 9.10. The maximum Gasteiger partial charge on any atom is 0.252 e. The van der Waals surface area contributed by atoms with Crippen LogP contribution < -0.4 is 5.32 Å². The number of fused-ring (bicyclic) bond motifs is 1. The number of halogens is 1. The minimum atomic E-state index is -0.217. The monoisotopic (exact) mass is 473 g/mol. The van der Waals surface area contributed by atoms with Crippen molar-refractivity contribution >= 4 is 59.9 Å². The molecule has 4 aromatic rings. The van der Waals surface area contributed by atoms with E-state index in [1.165, 1.54) is 16.9 Å². The summed E-state index contributed by atoms with van der Waals surface area (Å²) in [5.74, 6) is -0.217. The molecule has 2 aromatic carbocycles. The predicted molar refractivity (Wildman–Crippen MR) is 117 cm³/mol. The Morgan fingerprint density at radius 3 is 2.75 bits per heavy atom. The molecule has 0 saturated heterocycles. The van der Waals surface area contributed by atoms with Gasteiger partial charge in [-0.25, -0.2) is 9.97 Å². The number of benzene rings is 2. The van der Waals surface area contributed by atoms with E-state index >= 15 is 0 Å². The topological polar surface area (TPSA) is 64.1 Å². The summed E-state index contributed by atoms with van der Waals surface area (Å²) in [6.07, 6.45) is 2.58. The highest BCUT2D eigenvalue weighted by Gasteiger charge is 2.09. The van der Waals surface area contributed by atoms with Gasteiger partial charge in [0.05, 0.1) is 16.8 Å². The summed E-state index contributed by atoms with van der Waals surface area (Å²) in [6, 6.07) is 16.1. The van der Waals surface area contributed by atoms with E-state index in [4.69, 9.17) is 4.74 Å². The molecule has 0 aliphatic rings. The van der Waals surface area contributed by atoms with Crippen molar-refractivity contribution in [3.8, 4) is 0 Å². The van der Waals surface area contributed by atoms with E-state index in [-0.39, 0.29) is 12.5 Å². The number of aromatic nitrogens is 2. The lowest BCUT2D eigenvalue weighted by atomic mass is 10.1. The van der Waals surface area contributed by atoms with Gasteiger partial charge in [0.1, 0.15) is 11.6 Å². The number of ether oxygens (including phenoxy) is 1. The molecule has 0 aliphatic heterocycles. The number of thiazole rings is 2. The Morgan fingerprint density at radius 2 is 1.93 bits per heavy atom. The highest BCUT2D eigenvalue weighted by atomic mass is 79.9. The van der Waals surface area contributed by atoms with Crippen molar-refractivity contribution in [2.24, 2.45) is 0 Å². The Hall–Kier alpha value is -2.13. The quantitative estimate of drug-likeness (QED) is 0.397. The molecule has 5 nitrogen and oxygen atoms in total. The number of carbonyl (C=O) groups is 1. The SMILES string of the molecule is O=C(COCc1nc2ccccc2s1)Nc1ncc(Cc2ccc(Br)cc2)s1. The molecular formula is C20H16BrN3O2S2. The first kappa shape index (κ1) is 19.2. The van der Waals surface area contributed by atoms with Crippen LogP contribution in [0.2, 0.25) is 0 Å². The van der Waals surface area contributed by atoms with Crippen molar-refractivity contribution in [2.45, 2.75) is 13.0 Å². The van der Waals surface area contributed by atoms with E-state index in [0.717, 1.165) is 31.0 Å². The number of carbonyl (C=O) groups excluding carboxylic acids is 1. The third kappa shape index (κ3) is 5.02. The predicted octanol–water partition coefficient (Wildman–Crippen LogP) is 5.26. The maximum absolute atomic E-state index is 12.1. The third-order valence-electron chi connectivity index (χ3n) is 3.89. The molecule has 0 saturated carbocycles. The molecule has 1 amide bonds. The molecule has 0 atom stereocenters. The number of anilines is 1. The second-order valence-corrected chi connectivity index (χ2v) is 9.20. The molecule has 0 fully saturated rings. The zero-order valence-corrected chi connectivity index (χ0v) is 17.9. The first-order valence-corrected chi connectivity index (χ1v) is 11.0. The van der Waals surface area contributed by atoms with Crippen LogP contribution in [0.25, 0.3) is 10.2 Å². The molecule has 0 unspecified atom stereocenters. The van der Waals surface area contributed by atoms with Crippen LogP contribution in [0.4, 0.5) is 5.13 Å². The zero-order valence-electron chi connectivity index (χ0n) is 14.7. The van der Waals surface area contributed by atoms with E-state index in [9.17, 15) is 4.79 Å². The lowest BCUT2D eigenvalue weighted by Crippen LogP contribution is -2.17. The van der Waals surface area contributed by atoms with Gasteiger partial charge in [-0.15, -0.1) is 22.7 Å². The van der Waals surface area contributed by atoms with Crippen molar-refractivity contribution in [1.82, 2.24) is 9.97 Å². The van der Waals surface area contributed by atoms with Crippen molar-refractivity contribution in [1.29, 1.82) is 0 Å². The molecule has 8 heteroatoms. The second kappa shape index (κ2) is 8.91. The first-order chi connectivity index (χ1) is 13.7. The molecular weight excluding hydrogens is 458 g/mol. The van der Waals surface area contributed by atoms with Crippen LogP contribution in [0.5, 0.6) is 0 Å². The normalized spacial score (nSPS) is 11.0. The summed E-state index contributed by atoms with van der Waals surface area (Å²) < 4.78 is 7.68. The highest BCUT2D eigenvalue weighted by Crippen LogP contribution is 2.23. The lowest BCUT2D eigenvalue weighted by molar-refractivity contribution is -0.121. The Labute approximate surface area is 178 Å². The first-order valence-electron chi connectivity index (χ1n) is 8.57. The van der Waals surface area contributed by atoms with Gasteiger partial charge in [-0.05, 0) is 29.8 Å². The number of para-hydroxylation sites is 1. The number of nitrogens with one attached hydrogen (secondary N) is 1. The number of hydrogen-bond donors (Lipinski definition) is 1. The van der Waals surface area contributed by atoms with E-state index in [0.29, 0.717) is 11.7 Å². The van der Waals surface area contributed by atoms with Gasteiger partial charge in [0.25, 0.3) is 5.91 Å². The van der Waals surface area contributed by atoms with Gasteiger partial charge < -0.3 is 4.74 Å². The fourth-order valence-electron chi connectivity index (χ4n) is 2.62. The van der Waals surface area contributed by atoms with Gasteiger partial charge in [0, 0.05) is 22.0 Å². The van der Waals surface area contributed by atoms with Crippen LogP contribution >= 0.6 is 38.6 Å². The molecule has 2 aromatic heterocycles. The minimum absolute atomic E-state index is 0.0302. The Bertz CT molecular complexity index is 1060. The molecule has 0 radical (unpaired) electrons. The Morgan fingerprint density at radius 1 is 1.11 bits per heavy atom. The van der Waals surface area contributed by atoms with E-state index < -0.39 is 0 Å². The van der Waals surface area contributed by atoms with E-state index in [1.807, 2.05) is 36.4 Å². The summed E-state index contributed by atoms with van der Waals surface area (Å²) in [6.45, 7) is 0.289. The van der Waals surface area contributed by atoms with Gasteiger partial charge in [-0.1, -0.05) is 40.2 Å². The summed E-state index contributed by atoms with van der Waals surface area (Å²) in [5, 5.41) is 4.23. The molecule has 28 heavy (non-hydrogen) atoms. The molecule has 2 heterocycles. The summed E-state index contributed by atoms with van der Waals surface area (Å²) >= 11 is 6.48. The van der Waals surface area contributed by atoms with Gasteiger partial charge in [0.15, 0.2) is 5.13 Å². The van der Waals surface area contributed by atoms with Crippen molar-refractivity contribution in [2.75, 3.05) is 11.9 Å². The second-order valence-electron chi connectivity index (χ2n) is 6.05. The minimum Gasteiger partial charge on any atom is -0.364 e. The molecule has 1 N–H and O–H groups in total. The molecule has 0 bridgehead atoms. The molecule has 4 rings (SSSR count). The van der Waals surface area contributed by atoms with E-state index in [2.05, 4.69) is 43.3 Å².